The van der Waals surface area contributed by atoms with Crippen molar-refractivity contribution in [1.29, 1.82) is 0 Å². The van der Waals surface area contributed by atoms with Crippen molar-refractivity contribution in [2.24, 2.45) is 0 Å². The van der Waals surface area contributed by atoms with E-state index in [9.17, 15) is 35.9 Å². The van der Waals surface area contributed by atoms with E-state index in [0.717, 1.165) is 12.1 Å². The molecule has 2 N–H and O–H groups in total. The van der Waals surface area contributed by atoms with Gasteiger partial charge >= 0.3 is 12.4 Å². The lowest BCUT2D eigenvalue weighted by atomic mass is 9.97. The molecule has 0 heterocycles. The van der Waals surface area contributed by atoms with Crippen LogP contribution in [0.1, 0.15) is 23.7 Å². The Morgan fingerprint density at radius 1 is 1.00 bits per heavy atom. The van der Waals surface area contributed by atoms with E-state index in [-0.39, 0.29) is 17.0 Å². The lowest BCUT2D eigenvalue weighted by molar-refractivity contribution is -0.366. The smallest absolute Gasteiger partial charge is 0.373 e. The maximum absolute atomic E-state index is 12.5. The Morgan fingerprint density at radius 2 is 1.43 bits per heavy atom. The van der Waals surface area contributed by atoms with Gasteiger partial charge in [-0.2, -0.15) is 26.3 Å². The van der Waals surface area contributed by atoms with Crippen molar-refractivity contribution in [3.8, 4) is 0 Å². The summed E-state index contributed by atoms with van der Waals surface area (Å²) < 4.78 is 74.7. The lowest BCUT2D eigenvalue weighted by Gasteiger charge is -2.31. The molecule has 23 heavy (non-hydrogen) atoms. The van der Waals surface area contributed by atoms with Crippen LogP contribution < -0.4 is 5.32 Å². The fraction of sp³-hybridized carbons (Fsp3) is 0.385. The van der Waals surface area contributed by atoms with Gasteiger partial charge < -0.3 is 10.4 Å². The quantitative estimate of drug-likeness (QED) is 0.652. The third kappa shape index (κ3) is 4.21. The number of hydrogen-bond donors (Lipinski definition) is 2. The Bertz CT molecular complexity index is 577. The number of ketones is 1. The van der Waals surface area contributed by atoms with Gasteiger partial charge in [-0.3, -0.25) is 9.59 Å². The molecule has 0 saturated heterocycles. The number of amides is 1. The summed E-state index contributed by atoms with van der Waals surface area (Å²) in [6.45, 7) is 1.25. The van der Waals surface area contributed by atoms with Crippen LogP contribution in [0.4, 0.5) is 32.0 Å². The third-order valence-electron chi connectivity index (χ3n) is 2.93. The van der Waals surface area contributed by atoms with Crippen molar-refractivity contribution in [3.05, 3.63) is 29.8 Å². The summed E-state index contributed by atoms with van der Waals surface area (Å²) in [5.41, 5.74) is -5.03. The second-order valence-electron chi connectivity index (χ2n) is 4.71. The Hall–Kier alpha value is -2.10. The van der Waals surface area contributed by atoms with Crippen LogP contribution in [0.3, 0.4) is 0 Å². The van der Waals surface area contributed by atoms with Crippen LogP contribution in [0.15, 0.2) is 24.3 Å². The van der Waals surface area contributed by atoms with E-state index < -0.39 is 30.3 Å². The molecule has 10 heteroatoms. The van der Waals surface area contributed by atoms with Gasteiger partial charge in [-0.05, 0) is 31.2 Å². The standard InChI is InChI=1S/C13H11F6NO3/c1-7(21)8-2-4-9(5-3-8)20-10(22)6-11(23,12(14,15)16)13(17,18)19/h2-5,23H,6H2,1H3,(H,20,22). The van der Waals surface area contributed by atoms with Crippen LogP contribution in [-0.2, 0) is 4.79 Å². The highest BCUT2D eigenvalue weighted by atomic mass is 19.4. The summed E-state index contributed by atoms with van der Waals surface area (Å²) in [5.74, 6) is -2.00. The van der Waals surface area contributed by atoms with Crippen molar-refractivity contribution < 1.29 is 41.0 Å². The summed E-state index contributed by atoms with van der Waals surface area (Å²) >= 11 is 0. The lowest BCUT2D eigenvalue weighted by Crippen LogP contribution is -2.58. The Balaban J connectivity index is 2.91. The Kier molecular flexibility index (Phi) is 5.10. The zero-order chi connectivity index (χ0) is 18.1. The second-order valence-corrected chi connectivity index (χ2v) is 4.71. The highest BCUT2D eigenvalue weighted by Gasteiger charge is 2.71. The molecule has 128 valence electrons. The molecule has 1 rings (SSSR count). The molecular formula is C13H11F6NO3. The largest absolute Gasteiger partial charge is 0.426 e. The topological polar surface area (TPSA) is 66.4 Å². The van der Waals surface area contributed by atoms with E-state index in [0.29, 0.717) is 0 Å². The molecular weight excluding hydrogens is 332 g/mol. The fourth-order valence-corrected chi connectivity index (χ4v) is 1.59. The number of nitrogens with one attached hydrogen (secondary N) is 1. The van der Waals surface area contributed by atoms with Crippen molar-refractivity contribution >= 4 is 17.4 Å². The minimum absolute atomic E-state index is 0.119. The zero-order valence-corrected chi connectivity index (χ0v) is 11.5. The predicted octanol–water partition coefficient (Wildman–Crippen LogP) is 3.07. The van der Waals surface area contributed by atoms with Crippen LogP contribution in [-0.4, -0.2) is 34.8 Å². The van der Waals surface area contributed by atoms with Gasteiger partial charge in [0.15, 0.2) is 5.78 Å². The molecule has 0 spiro atoms. The molecule has 1 aromatic rings. The van der Waals surface area contributed by atoms with Crippen LogP contribution in [0.2, 0.25) is 0 Å². The average molecular weight is 343 g/mol. The number of rotatable bonds is 4. The Morgan fingerprint density at radius 3 is 1.78 bits per heavy atom. The van der Waals surface area contributed by atoms with Gasteiger partial charge in [0.25, 0.3) is 5.60 Å². The van der Waals surface area contributed by atoms with Gasteiger partial charge in [-0.25, -0.2) is 0 Å². The SMILES string of the molecule is CC(=O)c1ccc(NC(=O)CC(O)(C(F)(F)F)C(F)(F)F)cc1. The van der Waals surface area contributed by atoms with Crippen LogP contribution in [0, 0.1) is 0 Å². The number of halogens is 6. The summed E-state index contributed by atoms with van der Waals surface area (Å²) in [4.78, 5) is 22.4. The van der Waals surface area contributed by atoms with Gasteiger partial charge in [-0.15, -0.1) is 0 Å². The molecule has 0 aliphatic heterocycles. The minimum Gasteiger partial charge on any atom is -0.373 e. The maximum atomic E-state index is 12.5. The van der Waals surface area contributed by atoms with Crippen LogP contribution in [0.25, 0.3) is 0 Å². The summed E-state index contributed by atoms with van der Waals surface area (Å²) in [7, 11) is 0. The van der Waals surface area contributed by atoms with E-state index >= 15 is 0 Å². The number of carbonyl (C=O) groups is 2. The van der Waals surface area contributed by atoms with E-state index in [2.05, 4.69) is 0 Å². The first-order valence-electron chi connectivity index (χ1n) is 6.04. The normalized spacial score (nSPS) is 12.9. The monoisotopic (exact) mass is 343 g/mol. The first kappa shape index (κ1) is 18.9. The summed E-state index contributed by atoms with van der Waals surface area (Å²) in [6.07, 6.45) is -14.4. The molecule has 1 amide bonds. The molecule has 0 bridgehead atoms. The fourth-order valence-electron chi connectivity index (χ4n) is 1.59. The zero-order valence-electron chi connectivity index (χ0n) is 11.5. The van der Waals surface area contributed by atoms with E-state index in [1.54, 1.807) is 5.32 Å². The van der Waals surface area contributed by atoms with Gasteiger partial charge in [-0.1, -0.05) is 0 Å². The number of Topliss-reactive ketones (excluding diaryl/α,β-unsaturated/α-hetero) is 1. The number of carbonyl (C=O) groups excluding carboxylic acids is 2. The molecule has 0 aromatic heterocycles. The third-order valence-corrected chi connectivity index (χ3v) is 2.93. The van der Waals surface area contributed by atoms with Crippen molar-refractivity contribution in [1.82, 2.24) is 0 Å². The highest BCUT2D eigenvalue weighted by molar-refractivity contribution is 5.95. The van der Waals surface area contributed by atoms with Crippen molar-refractivity contribution in [2.75, 3.05) is 5.32 Å². The second kappa shape index (κ2) is 6.19. The molecule has 0 aliphatic rings. The highest BCUT2D eigenvalue weighted by Crippen LogP contribution is 2.45. The van der Waals surface area contributed by atoms with E-state index in [4.69, 9.17) is 5.11 Å². The van der Waals surface area contributed by atoms with Crippen molar-refractivity contribution in [2.45, 2.75) is 31.3 Å². The number of alkyl halides is 6. The van der Waals surface area contributed by atoms with E-state index in [1.807, 2.05) is 0 Å². The minimum atomic E-state index is -6.07. The summed E-state index contributed by atoms with van der Waals surface area (Å²) in [6, 6.07) is 4.74. The molecule has 0 aliphatic carbocycles. The summed E-state index contributed by atoms with van der Waals surface area (Å²) in [5, 5.41) is 10.7. The molecule has 1 aromatic carbocycles. The first-order chi connectivity index (χ1) is 10.3. The van der Waals surface area contributed by atoms with Gasteiger partial charge in [0, 0.05) is 11.3 Å². The van der Waals surface area contributed by atoms with Crippen molar-refractivity contribution in [3.63, 3.8) is 0 Å². The van der Waals surface area contributed by atoms with Gasteiger partial charge in [0.2, 0.25) is 5.91 Å². The molecule has 0 unspecified atom stereocenters. The number of aliphatic hydroxyl groups is 1. The Labute approximate surface area is 126 Å². The van der Waals surface area contributed by atoms with Gasteiger partial charge in [0.1, 0.15) is 0 Å². The molecule has 4 nitrogen and oxygen atoms in total. The molecule has 0 atom stereocenters. The van der Waals surface area contributed by atoms with E-state index in [1.165, 1.54) is 19.1 Å². The first-order valence-corrected chi connectivity index (χ1v) is 6.04. The average Bonchev–Trinajstić information content (AvgIpc) is 2.36. The number of anilines is 1. The van der Waals surface area contributed by atoms with Crippen LogP contribution in [0.5, 0.6) is 0 Å². The number of benzene rings is 1. The molecule has 0 saturated carbocycles. The molecule has 0 radical (unpaired) electrons. The number of hydrogen-bond acceptors (Lipinski definition) is 3. The van der Waals surface area contributed by atoms with Crippen LogP contribution >= 0.6 is 0 Å². The maximum Gasteiger partial charge on any atom is 0.426 e. The van der Waals surface area contributed by atoms with Gasteiger partial charge in [0.05, 0.1) is 6.42 Å². The predicted molar refractivity (Wildman–Crippen MR) is 66.8 cm³/mol. The molecule has 0 fully saturated rings.